The Labute approximate surface area is 128 Å². The van der Waals surface area contributed by atoms with E-state index in [1.165, 1.54) is 17.8 Å². The zero-order chi connectivity index (χ0) is 14.7. The molecule has 0 spiro atoms. The quantitative estimate of drug-likeness (QED) is 0.948. The predicted octanol–water partition coefficient (Wildman–Crippen LogP) is 2.89. The van der Waals surface area contributed by atoms with Gasteiger partial charge in [-0.2, -0.15) is 0 Å². The summed E-state index contributed by atoms with van der Waals surface area (Å²) in [5.41, 5.74) is 8.31. The van der Waals surface area contributed by atoms with Crippen LogP contribution in [0.15, 0.2) is 29.6 Å². The van der Waals surface area contributed by atoms with E-state index in [9.17, 15) is 4.79 Å². The third kappa shape index (κ3) is 3.14. The molecule has 1 amide bonds. The van der Waals surface area contributed by atoms with Crippen molar-refractivity contribution in [1.29, 1.82) is 0 Å². The van der Waals surface area contributed by atoms with Gasteiger partial charge in [-0.05, 0) is 24.8 Å². The number of carbonyl (C=O) groups is 1. The minimum absolute atomic E-state index is 0.0655. The molecule has 1 aliphatic heterocycles. The number of likely N-dealkylation sites (tertiary alicyclic amines) is 1. The van der Waals surface area contributed by atoms with Gasteiger partial charge in [0.05, 0.1) is 0 Å². The first kappa shape index (κ1) is 14.2. The van der Waals surface area contributed by atoms with Crippen LogP contribution < -0.4 is 5.73 Å². The molecule has 3 rings (SSSR count). The van der Waals surface area contributed by atoms with Crippen molar-refractivity contribution in [2.24, 2.45) is 5.73 Å². The Morgan fingerprint density at radius 2 is 1.90 bits per heavy atom. The van der Waals surface area contributed by atoms with Gasteiger partial charge in [0.2, 0.25) is 0 Å². The minimum Gasteiger partial charge on any atom is -0.337 e. The van der Waals surface area contributed by atoms with Crippen molar-refractivity contribution < 1.29 is 4.79 Å². The third-order valence-electron chi connectivity index (χ3n) is 3.80. The van der Waals surface area contributed by atoms with Gasteiger partial charge in [0, 0.05) is 30.6 Å². The Hall–Kier alpha value is -1.72. The van der Waals surface area contributed by atoms with Crippen LogP contribution in [-0.2, 0) is 6.54 Å². The Kier molecular flexibility index (Phi) is 4.31. The molecule has 1 saturated heterocycles. The Balaban J connectivity index is 1.77. The average molecular weight is 301 g/mol. The van der Waals surface area contributed by atoms with Crippen LogP contribution in [0.4, 0.5) is 0 Å². The molecule has 2 heterocycles. The summed E-state index contributed by atoms with van der Waals surface area (Å²) in [6, 6.07) is 8.03. The van der Waals surface area contributed by atoms with Crippen LogP contribution >= 0.6 is 11.3 Å². The second-order valence-corrected chi connectivity index (χ2v) is 6.15. The normalized spacial score (nSPS) is 15.2. The highest BCUT2D eigenvalue weighted by molar-refractivity contribution is 7.13. The second kappa shape index (κ2) is 6.37. The monoisotopic (exact) mass is 301 g/mol. The van der Waals surface area contributed by atoms with E-state index in [1.54, 1.807) is 0 Å². The van der Waals surface area contributed by atoms with Crippen LogP contribution in [0, 0.1) is 0 Å². The molecule has 110 valence electrons. The molecule has 1 aromatic carbocycles. The largest absolute Gasteiger partial charge is 0.337 e. The smallest absolute Gasteiger partial charge is 0.273 e. The summed E-state index contributed by atoms with van der Waals surface area (Å²) in [7, 11) is 0. The number of piperidine rings is 1. The molecular weight excluding hydrogens is 282 g/mol. The number of aromatic nitrogens is 1. The van der Waals surface area contributed by atoms with E-state index in [4.69, 9.17) is 5.73 Å². The SMILES string of the molecule is NCc1ccc(-c2nc(C(=O)N3CCCCC3)cs2)cc1. The lowest BCUT2D eigenvalue weighted by atomic mass is 10.1. The van der Waals surface area contributed by atoms with Crippen LogP contribution in [0.2, 0.25) is 0 Å². The van der Waals surface area contributed by atoms with Gasteiger partial charge in [0.25, 0.3) is 5.91 Å². The summed E-state index contributed by atoms with van der Waals surface area (Å²) in [6.45, 7) is 2.25. The van der Waals surface area contributed by atoms with Crippen LogP contribution in [0.25, 0.3) is 10.6 Å². The summed E-state index contributed by atoms with van der Waals surface area (Å²) in [4.78, 5) is 18.8. The fraction of sp³-hybridized carbons (Fsp3) is 0.375. The van der Waals surface area contributed by atoms with E-state index in [1.807, 2.05) is 34.5 Å². The number of hydrogen-bond acceptors (Lipinski definition) is 4. The van der Waals surface area contributed by atoms with Gasteiger partial charge in [-0.25, -0.2) is 4.98 Å². The fourth-order valence-corrected chi connectivity index (χ4v) is 3.35. The summed E-state index contributed by atoms with van der Waals surface area (Å²) in [5, 5.41) is 2.75. The molecule has 1 aromatic heterocycles. The second-order valence-electron chi connectivity index (χ2n) is 5.29. The maximum atomic E-state index is 12.4. The molecule has 0 bridgehead atoms. The topological polar surface area (TPSA) is 59.2 Å². The lowest BCUT2D eigenvalue weighted by Crippen LogP contribution is -2.35. The summed E-state index contributed by atoms with van der Waals surface area (Å²) in [6.07, 6.45) is 3.42. The van der Waals surface area contributed by atoms with Crippen molar-refractivity contribution in [1.82, 2.24) is 9.88 Å². The Morgan fingerprint density at radius 1 is 1.19 bits per heavy atom. The van der Waals surface area contributed by atoms with E-state index in [2.05, 4.69) is 4.98 Å². The maximum absolute atomic E-state index is 12.4. The minimum atomic E-state index is 0.0655. The molecular formula is C16H19N3OS. The van der Waals surface area contributed by atoms with E-state index in [-0.39, 0.29) is 5.91 Å². The van der Waals surface area contributed by atoms with Gasteiger partial charge in [0.15, 0.2) is 0 Å². The number of nitrogens with zero attached hydrogens (tertiary/aromatic N) is 2. The summed E-state index contributed by atoms with van der Waals surface area (Å²) >= 11 is 1.52. The molecule has 5 heteroatoms. The van der Waals surface area contributed by atoms with Gasteiger partial charge in [0.1, 0.15) is 10.7 Å². The van der Waals surface area contributed by atoms with Gasteiger partial charge in [-0.3, -0.25) is 4.79 Å². The molecule has 0 saturated carbocycles. The number of benzene rings is 1. The molecule has 0 radical (unpaired) electrons. The zero-order valence-electron chi connectivity index (χ0n) is 11.9. The Bertz CT molecular complexity index is 615. The number of hydrogen-bond donors (Lipinski definition) is 1. The summed E-state index contributed by atoms with van der Waals surface area (Å²) in [5.74, 6) is 0.0655. The first-order chi connectivity index (χ1) is 10.3. The van der Waals surface area contributed by atoms with Crippen molar-refractivity contribution in [2.75, 3.05) is 13.1 Å². The fourth-order valence-electron chi connectivity index (χ4n) is 2.55. The number of thiazole rings is 1. The third-order valence-corrected chi connectivity index (χ3v) is 4.69. The highest BCUT2D eigenvalue weighted by Crippen LogP contribution is 2.25. The van der Waals surface area contributed by atoms with Gasteiger partial charge in [-0.1, -0.05) is 24.3 Å². The molecule has 0 aliphatic carbocycles. The molecule has 2 N–H and O–H groups in total. The van der Waals surface area contributed by atoms with Crippen LogP contribution in [-0.4, -0.2) is 28.9 Å². The number of nitrogens with two attached hydrogens (primary N) is 1. The lowest BCUT2D eigenvalue weighted by Gasteiger charge is -2.25. The number of rotatable bonds is 3. The van der Waals surface area contributed by atoms with E-state index < -0.39 is 0 Å². The predicted molar refractivity (Wildman–Crippen MR) is 85.2 cm³/mol. The van der Waals surface area contributed by atoms with Gasteiger partial charge in [-0.15, -0.1) is 11.3 Å². The van der Waals surface area contributed by atoms with Crippen molar-refractivity contribution in [3.8, 4) is 10.6 Å². The average Bonchev–Trinajstić information content (AvgIpc) is 3.05. The highest BCUT2D eigenvalue weighted by Gasteiger charge is 2.20. The van der Waals surface area contributed by atoms with Gasteiger partial charge < -0.3 is 10.6 Å². The number of carbonyl (C=O) groups excluding carboxylic acids is 1. The highest BCUT2D eigenvalue weighted by atomic mass is 32.1. The van der Waals surface area contributed by atoms with Crippen molar-refractivity contribution >= 4 is 17.2 Å². The molecule has 2 aromatic rings. The first-order valence-electron chi connectivity index (χ1n) is 7.32. The first-order valence-corrected chi connectivity index (χ1v) is 8.20. The van der Waals surface area contributed by atoms with E-state index >= 15 is 0 Å². The summed E-state index contributed by atoms with van der Waals surface area (Å²) < 4.78 is 0. The lowest BCUT2D eigenvalue weighted by molar-refractivity contribution is 0.0719. The maximum Gasteiger partial charge on any atom is 0.273 e. The van der Waals surface area contributed by atoms with Crippen LogP contribution in [0.1, 0.15) is 35.3 Å². The van der Waals surface area contributed by atoms with Crippen molar-refractivity contribution in [3.05, 3.63) is 40.9 Å². The molecule has 0 unspecified atom stereocenters. The van der Waals surface area contributed by atoms with Gasteiger partial charge >= 0.3 is 0 Å². The standard InChI is InChI=1S/C16H19N3OS/c17-10-12-4-6-13(7-5-12)15-18-14(11-21-15)16(20)19-8-2-1-3-9-19/h4-7,11H,1-3,8-10,17H2. The van der Waals surface area contributed by atoms with Crippen molar-refractivity contribution in [2.45, 2.75) is 25.8 Å². The van der Waals surface area contributed by atoms with Crippen LogP contribution in [0.3, 0.4) is 0 Å². The molecule has 21 heavy (non-hydrogen) atoms. The van der Waals surface area contributed by atoms with Crippen LogP contribution in [0.5, 0.6) is 0 Å². The number of amides is 1. The van der Waals surface area contributed by atoms with E-state index in [0.717, 1.165) is 42.1 Å². The molecule has 0 atom stereocenters. The van der Waals surface area contributed by atoms with E-state index in [0.29, 0.717) is 12.2 Å². The zero-order valence-corrected chi connectivity index (χ0v) is 12.7. The van der Waals surface area contributed by atoms with Crippen molar-refractivity contribution in [3.63, 3.8) is 0 Å². The molecule has 4 nitrogen and oxygen atoms in total. The Morgan fingerprint density at radius 3 is 2.57 bits per heavy atom. The molecule has 1 aliphatic rings. The molecule has 1 fully saturated rings.